The van der Waals surface area contributed by atoms with Gasteiger partial charge < -0.3 is 14.6 Å². The topological polar surface area (TPSA) is 38.7 Å². The lowest BCUT2D eigenvalue weighted by molar-refractivity contribution is -0.245. The molecule has 1 rings (SSSR count). The van der Waals surface area contributed by atoms with Crippen molar-refractivity contribution in [1.29, 1.82) is 0 Å². The first-order valence-corrected chi connectivity index (χ1v) is 4.38. The maximum Gasteiger partial charge on any atom is 0.162 e. The number of aliphatic hydroxyl groups excluding tert-OH is 1. The highest BCUT2D eigenvalue weighted by Crippen LogP contribution is 2.26. The monoisotopic (exact) mass is 174 g/mol. The second-order valence-corrected chi connectivity index (χ2v) is 4.41. The van der Waals surface area contributed by atoms with Gasteiger partial charge in [0.15, 0.2) is 6.29 Å². The van der Waals surface area contributed by atoms with E-state index in [1.807, 2.05) is 0 Å². The number of ether oxygens (including phenoxy) is 2. The van der Waals surface area contributed by atoms with Crippen LogP contribution in [-0.4, -0.2) is 31.2 Å². The average Bonchev–Trinajstić information content (AvgIpc) is 2.03. The van der Waals surface area contributed by atoms with E-state index < -0.39 is 0 Å². The quantitative estimate of drug-likeness (QED) is 0.645. The summed E-state index contributed by atoms with van der Waals surface area (Å²) in [5.41, 5.74) is 0.0282. The first-order chi connectivity index (χ1) is 5.54. The number of hydrogen-bond donors (Lipinski definition) is 1. The molecule has 0 spiro atoms. The van der Waals surface area contributed by atoms with E-state index in [-0.39, 0.29) is 24.2 Å². The highest BCUT2D eigenvalue weighted by atomic mass is 16.7. The lowest BCUT2D eigenvalue weighted by atomic mass is 9.95. The molecule has 0 amide bonds. The van der Waals surface area contributed by atoms with Crippen LogP contribution in [0.2, 0.25) is 0 Å². The van der Waals surface area contributed by atoms with Crippen LogP contribution in [0, 0.1) is 11.3 Å². The van der Waals surface area contributed by atoms with E-state index in [4.69, 9.17) is 14.6 Å². The Bertz CT molecular complexity index is 131. The molecule has 0 bridgehead atoms. The Morgan fingerprint density at radius 2 is 1.75 bits per heavy atom. The highest BCUT2D eigenvalue weighted by Gasteiger charge is 2.31. The van der Waals surface area contributed by atoms with Crippen LogP contribution in [0.4, 0.5) is 0 Å². The molecule has 1 fully saturated rings. The fourth-order valence-corrected chi connectivity index (χ4v) is 1.15. The van der Waals surface area contributed by atoms with E-state index in [9.17, 15) is 0 Å². The van der Waals surface area contributed by atoms with E-state index >= 15 is 0 Å². The van der Waals surface area contributed by atoms with Crippen molar-refractivity contribution in [3.05, 3.63) is 0 Å². The van der Waals surface area contributed by atoms with Crippen molar-refractivity contribution in [1.82, 2.24) is 0 Å². The predicted molar refractivity (Wildman–Crippen MR) is 45.7 cm³/mol. The summed E-state index contributed by atoms with van der Waals surface area (Å²) in [6, 6.07) is 0. The van der Waals surface area contributed by atoms with Gasteiger partial charge in [0.2, 0.25) is 0 Å². The van der Waals surface area contributed by atoms with E-state index in [0.29, 0.717) is 13.2 Å². The molecule has 1 saturated heterocycles. The summed E-state index contributed by atoms with van der Waals surface area (Å²) in [4.78, 5) is 0. The molecule has 0 aromatic heterocycles. The van der Waals surface area contributed by atoms with Crippen molar-refractivity contribution >= 4 is 0 Å². The van der Waals surface area contributed by atoms with Crippen LogP contribution in [0.25, 0.3) is 0 Å². The molecule has 1 heterocycles. The van der Waals surface area contributed by atoms with Gasteiger partial charge in [0.1, 0.15) is 0 Å². The van der Waals surface area contributed by atoms with Crippen LogP contribution in [0.5, 0.6) is 0 Å². The van der Waals surface area contributed by atoms with E-state index in [1.165, 1.54) is 0 Å². The van der Waals surface area contributed by atoms with Gasteiger partial charge in [-0.15, -0.1) is 0 Å². The molecule has 72 valence electrons. The highest BCUT2D eigenvalue weighted by molar-refractivity contribution is 4.71. The van der Waals surface area contributed by atoms with Crippen molar-refractivity contribution < 1.29 is 14.6 Å². The summed E-state index contributed by atoms with van der Waals surface area (Å²) in [6.45, 7) is 7.61. The third-order valence-corrected chi connectivity index (χ3v) is 1.93. The number of rotatable bonds is 1. The summed E-state index contributed by atoms with van der Waals surface area (Å²) in [6.07, 6.45) is -0.125. The van der Waals surface area contributed by atoms with E-state index in [2.05, 4.69) is 20.8 Å². The Balaban J connectivity index is 2.36. The third-order valence-electron chi connectivity index (χ3n) is 1.93. The van der Waals surface area contributed by atoms with Crippen LogP contribution >= 0.6 is 0 Å². The zero-order valence-corrected chi connectivity index (χ0v) is 8.04. The fraction of sp³-hybridized carbons (Fsp3) is 1.00. The predicted octanol–water partition coefficient (Wildman–Crippen LogP) is 1.01. The third kappa shape index (κ3) is 2.44. The van der Waals surface area contributed by atoms with Crippen molar-refractivity contribution in [2.75, 3.05) is 19.8 Å². The van der Waals surface area contributed by atoms with Gasteiger partial charge in [-0.1, -0.05) is 20.8 Å². The Hall–Kier alpha value is -0.120. The van der Waals surface area contributed by atoms with Gasteiger partial charge in [-0.25, -0.2) is 0 Å². The van der Waals surface area contributed by atoms with Crippen molar-refractivity contribution in [3.63, 3.8) is 0 Å². The molecule has 0 aromatic carbocycles. The summed E-state index contributed by atoms with van der Waals surface area (Å²) in [5.74, 6) is 0.156. The van der Waals surface area contributed by atoms with Crippen LogP contribution < -0.4 is 0 Å². The SMILES string of the molecule is CC(C)(C)C1OCC(CO)CO1. The maximum atomic E-state index is 8.82. The Morgan fingerprint density at radius 3 is 2.08 bits per heavy atom. The summed E-state index contributed by atoms with van der Waals surface area (Å²) < 4.78 is 10.9. The van der Waals surface area contributed by atoms with Crippen LogP contribution in [-0.2, 0) is 9.47 Å². The molecule has 0 aliphatic carbocycles. The second-order valence-electron chi connectivity index (χ2n) is 4.41. The van der Waals surface area contributed by atoms with Gasteiger partial charge in [0.25, 0.3) is 0 Å². The molecule has 12 heavy (non-hydrogen) atoms. The van der Waals surface area contributed by atoms with Gasteiger partial charge in [0.05, 0.1) is 19.8 Å². The normalized spacial score (nSPS) is 32.0. The van der Waals surface area contributed by atoms with Gasteiger partial charge in [-0.05, 0) is 0 Å². The van der Waals surface area contributed by atoms with Crippen LogP contribution in [0.15, 0.2) is 0 Å². The second kappa shape index (κ2) is 3.73. The molecule has 1 aliphatic rings. The molecule has 0 atom stereocenters. The van der Waals surface area contributed by atoms with Gasteiger partial charge >= 0.3 is 0 Å². The molecular weight excluding hydrogens is 156 g/mol. The molecule has 0 aromatic rings. The molecule has 0 radical (unpaired) electrons. The Morgan fingerprint density at radius 1 is 1.25 bits per heavy atom. The standard InChI is InChI=1S/C9H18O3/c1-9(2,3)8-11-5-7(4-10)6-12-8/h7-8,10H,4-6H2,1-3H3. The molecule has 3 heteroatoms. The molecule has 0 unspecified atom stereocenters. The molecular formula is C9H18O3. The summed E-state index contributed by atoms with van der Waals surface area (Å²) in [7, 11) is 0. The summed E-state index contributed by atoms with van der Waals surface area (Å²) >= 11 is 0. The van der Waals surface area contributed by atoms with Gasteiger partial charge in [-0.3, -0.25) is 0 Å². The maximum absolute atomic E-state index is 8.82. The van der Waals surface area contributed by atoms with Crippen molar-refractivity contribution in [2.45, 2.75) is 27.1 Å². The lowest BCUT2D eigenvalue weighted by Gasteiger charge is -2.36. The van der Waals surface area contributed by atoms with E-state index in [1.54, 1.807) is 0 Å². The smallest absolute Gasteiger partial charge is 0.162 e. The molecule has 1 aliphatic heterocycles. The zero-order valence-electron chi connectivity index (χ0n) is 8.04. The van der Waals surface area contributed by atoms with Gasteiger partial charge in [-0.2, -0.15) is 0 Å². The van der Waals surface area contributed by atoms with Crippen LogP contribution in [0.3, 0.4) is 0 Å². The number of aliphatic hydroxyl groups is 1. The first-order valence-electron chi connectivity index (χ1n) is 4.38. The minimum absolute atomic E-state index is 0.0282. The summed E-state index contributed by atoms with van der Waals surface area (Å²) in [5, 5.41) is 8.82. The first kappa shape index (κ1) is 9.96. The molecule has 0 saturated carbocycles. The lowest BCUT2D eigenvalue weighted by Crippen LogP contribution is -2.41. The molecule has 1 N–H and O–H groups in total. The minimum Gasteiger partial charge on any atom is -0.396 e. The largest absolute Gasteiger partial charge is 0.396 e. The van der Waals surface area contributed by atoms with Crippen molar-refractivity contribution in [2.24, 2.45) is 11.3 Å². The zero-order chi connectivity index (χ0) is 9.19. The fourth-order valence-electron chi connectivity index (χ4n) is 1.15. The Kier molecular flexibility index (Phi) is 3.09. The van der Waals surface area contributed by atoms with E-state index in [0.717, 1.165) is 0 Å². The van der Waals surface area contributed by atoms with Crippen LogP contribution in [0.1, 0.15) is 20.8 Å². The molecule has 3 nitrogen and oxygen atoms in total. The average molecular weight is 174 g/mol. The number of hydrogen-bond acceptors (Lipinski definition) is 3. The Labute approximate surface area is 73.7 Å². The minimum atomic E-state index is -0.125. The van der Waals surface area contributed by atoms with Gasteiger partial charge in [0, 0.05) is 11.3 Å². The van der Waals surface area contributed by atoms with Crippen molar-refractivity contribution in [3.8, 4) is 0 Å².